The number of piperidine rings is 1. The first-order chi connectivity index (χ1) is 10.6. The van der Waals surface area contributed by atoms with Crippen LogP contribution in [0.4, 0.5) is 0 Å². The highest BCUT2D eigenvalue weighted by atomic mass is 16.1. The SMILES string of the molecule is C=Cn1cc(CN2CCC[C@H](CNC(=O)C=C(C)C)C2)cn1. The van der Waals surface area contributed by atoms with Crippen LogP contribution in [0.25, 0.3) is 6.20 Å². The van der Waals surface area contributed by atoms with Gasteiger partial charge in [0, 0.05) is 43.7 Å². The normalized spacial score (nSPS) is 18.7. The molecule has 1 aliphatic rings. The Hall–Kier alpha value is -1.88. The second-order valence-corrected chi connectivity index (χ2v) is 6.22. The van der Waals surface area contributed by atoms with Crippen LogP contribution in [0.1, 0.15) is 32.3 Å². The number of likely N-dealkylation sites (tertiary alicyclic amines) is 1. The van der Waals surface area contributed by atoms with Crippen molar-refractivity contribution in [2.45, 2.75) is 33.2 Å². The van der Waals surface area contributed by atoms with Crippen molar-refractivity contribution < 1.29 is 4.79 Å². The summed E-state index contributed by atoms with van der Waals surface area (Å²) in [6.07, 6.45) is 9.61. The quantitative estimate of drug-likeness (QED) is 0.820. The van der Waals surface area contributed by atoms with Gasteiger partial charge in [-0.2, -0.15) is 5.10 Å². The third-order valence-corrected chi connectivity index (χ3v) is 3.84. The Kier molecular flexibility index (Phi) is 5.95. The van der Waals surface area contributed by atoms with Gasteiger partial charge in [0.2, 0.25) is 5.91 Å². The molecule has 0 spiro atoms. The van der Waals surface area contributed by atoms with E-state index in [4.69, 9.17) is 0 Å². The standard InChI is InChI=1S/C17H26N4O/c1-4-21-13-16(10-19-21)12-20-7-5-6-15(11-20)9-18-17(22)8-14(2)3/h4,8,10,13,15H,1,5-7,9,11-12H2,2-3H3,(H,18,22)/t15-/m1/s1. The monoisotopic (exact) mass is 302 g/mol. The maximum atomic E-state index is 11.7. The third kappa shape index (κ3) is 5.15. The Morgan fingerprint density at radius 3 is 3.05 bits per heavy atom. The van der Waals surface area contributed by atoms with Gasteiger partial charge in [0.15, 0.2) is 0 Å². The van der Waals surface area contributed by atoms with Gasteiger partial charge in [0.25, 0.3) is 0 Å². The topological polar surface area (TPSA) is 50.2 Å². The van der Waals surface area contributed by atoms with Crippen LogP contribution in [-0.2, 0) is 11.3 Å². The van der Waals surface area contributed by atoms with Gasteiger partial charge in [-0.25, -0.2) is 4.68 Å². The molecule has 1 amide bonds. The largest absolute Gasteiger partial charge is 0.352 e. The summed E-state index contributed by atoms with van der Waals surface area (Å²) in [4.78, 5) is 14.1. The van der Waals surface area contributed by atoms with Crippen LogP contribution in [0.15, 0.2) is 30.6 Å². The number of hydrogen-bond donors (Lipinski definition) is 1. The molecule has 2 heterocycles. The summed E-state index contributed by atoms with van der Waals surface area (Å²) in [6.45, 7) is 11.4. The van der Waals surface area contributed by atoms with Gasteiger partial charge in [0.1, 0.15) is 0 Å². The van der Waals surface area contributed by atoms with E-state index in [2.05, 4.69) is 21.9 Å². The molecule has 5 nitrogen and oxygen atoms in total. The van der Waals surface area contributed by atoms with Gasteiger partial charge in [-0.15, -0.1) is 0 Å². The molecule has 0 aromatic carbocycles. The Bertz CT molecular complexity index is 543. The average molecular weight is 302 g/mol. The second-order valence-electron chi connectivity index (χ2n) is 6.22. The Morgan fingerprint density at radius 1 is 1.55 bits per heavy atom. The zero-order valence-corrected chi connectivity index (χ0v) is 13.6. The maximum absolute atomic E-state index is 11.7. The van der Waals surface area contributed by atoms with E-state index in [0.717, 1.165) is 31.8 Å². The minimum absolute atomic E-state index is 0.0179. The molecule has 1 aliphatic heterocycles. The molecule has 1 aromatic rings. The van der Waals surface area contributed by atoms with Crippen LogP contribution in [0.5, 0.6) is 0 Å². The fourth-order valence-corrected chi connectivity index (χ4v) is 2.84. The molecule has 0 saturated carbocycles. The van der Waals surface area contributed by atoms with Crippen molar-refractivity contribution in [3.8, 4) is 0 Å². The van der Waals surface area contributed by atoms with E-state index in [9.17, 15) is 4.79 Å². The first-order valence-electron chi connectivity index (χ1n) is 7.87. The number of allylic oxidation sites excluding steroid dienone is 1. The molecule has 1 N–H and O–H groups in total. The van der Waals surface area contributed by atoms with Crippen molar-refractivity contribution in [1.29, 1.82) is 0 Å². The van der Waals surface area contributed by atoms with E-state index in [-0.39, 0.29) is 5.91 Å². The van der Waals surface area contributed by atoms with Crippen LogP contribution in [0, 0.1) is 5.92 Å². The van der Waals surface area contributed by atoms with Crippen molar-refractivity contribution in [3.63, 3.8) is 0 Å². The number of carbonyl (C=O) groups is 1. The molecule has 1 aromatic heterocycles. The molecule has 0 radical (unpaired) electrons. The second kappa shape index (κ2) is 7.94. The first-order valence-corrected chi connectivity index (χ1v) is 7.87. The highest BCUT2D eigenvalue weighted by Gasteiger charge is 2.20. The molecule has 1 fully saturated rings. The first kappa shape index (κ1) is 16.5. The number of nitrogens with zero attached hydrogens (tertiary/aromatic N) is 3. The van der Waals surface area contributed by atoms with Crippen LogP contribution < -0.4 is 5.32 Å². The molecule has 0 aliphatic carbocycles. The number of hydrogen-bond acceptors (Lipinski definition) is 3. The summed E-state index contributed by atoms with van der Waals surface area (Å²) in [5, 5.41) is 7.22. The predicted octanol–water partition coefficient (Wildman–Crippen LogP) is 2.28. The number of aromatic nitrogens is 2. The summed E-state index contributed by atoms with van der Waals surface area (Å²) in [5.41, 5.74) is 2.23. The van der Waals surface area contributed by atoms with Gasteiger partial charge >= 0.3 is 0 Å². The molecular weight excluding hydrogens is 276 g/mol. The highest BCUT2D eigenvalue weighted by Crippen LogP contribution is 2.18. The summed E-state index contributed by atoms with van der Waals surface area (Å²) in [7, 11) is 0. The Balaban J connectivity index is 1.80. The fourth-order valence-electron chi connectivity index (χ4n) is 2.84. The molecule has 22 heavy (non-hydrogen) atoms. The van der Waals surface area contributed by atoms with Crippen molar-refractivity contribution in [2.24, 2.45) is 5.92 Å². The summed E-state index contributed by atoms with van der Waals surface area (Å²) >= 11 is 0. The number of carbonyl (C=O) groups excluding carboxylic acids is 1. The Morgan fingerprint density at radius 2 is 2.36 bits per heavy atom. The predicted molar refractivity (Wildman–Crippen MR) is 89.1 cm³/mol. The van der Waals surface area contributed by atoms with Gasteiger partial charge in [0.05, 0.1) is 6.20 Å². The molecular formula is C17H26N4O. The zero-order chi connectivity index (χ0) is 15.9. The van der Waals surface area contributed by atoms with Crippen molar-refractivity contribution >= 4 is 12.1 Å². The van der Waals surface area contributed by atoms with Crippen LogP contribution in [0.3, 0.4) is 0 Å². The zero-order valence-electron chi connectivity index (χ0n) is 13.6. The smallest absolute Gasteiger partial charge is 0.243 e. The van der Waals surface area contributed by atoms with Crippen molar-refractivity contribution in [1.82, 2.24) is 20.0 Å². The molecule has 0 bridgehead atoms. The molecule has 1 atom stereocenters. The van der Waals surface area contributed by atoms with Gasteiger partial charge in [-0.05, 0) is 39.2 Å². The molecule has 0 unspecified atom stereocenters. The van der Waals surface area contributed by atoms with Gasteiger partial charge < -0.3 is 5.32 Å². The summed E-state index contributed by atoms with van der Waals surface area (Å²) in [6, 6.07) is 0. The van der Waals surface area contributed by atoms with Gasteiger partial charge in [-0.3, -0.25) is 9.69 Å². The minimum atomic E-state index is 0.0179. The van der Waals surface area contributed by atoms with Crippen molar-refractivity contribution in [3.05, 3.63) is 36.2 Å². The molecule has 2 rings (SSSR count). The van der Waals surface area contributed by atoms with Crippen LogP contribution in [-0.4, -0.2) is 40.2 Å². The molecule has 5 heteroatoms. The number of rotatable bonds is 6. The number of amides is 1. The lowest BCUT2D eigenvalue weighted by atomic mass is 9.97. The van der Waals surface area contributed by atoms with Crippen molar-refractivity contribution in [2.75, 3.05) is 19.6 Å². The molecule has 1 saturated heterocycles. The van der Waals surface area contributed by atoms with E-state index >= 15 is 0 Å². The lowest BCUT2D eigenvalue weighted by Gasteiger charge is -2.32. The highest BCUT2D eigenvalue weighted by molar-refractivity contribution is 5.87. The van der Waals surface area contributed by atoms with E-state index in [1.54, 1.807) is 17.0 Å². The van der Waals surface area contributed by atoms with Gasteiger partial charge in [-0.1, -0.05) is 12.2 Å². The van der Waals surface area contributed by atoms with Crippen LogP contribution in [0.2, 0.25) is 0 Å². The van der Waals surface area contributed by atoms with E-state index in [1.807, 2.05) is 26.2 Å². The van der Waals surface area contributed by atoms with Crippen LogP contribution >= 0.6 is 0 Å². The van der Waals surface area contributed by atoms with E-state index in [0.29, 0.717) is 5.92 Å². The average Bonchev–Trinajstić information content (AvgIpc) is 2.92. The third-order valence-electron chi connectivity index (χ3n) is 3.84. The summed E-state index contributed by atoms with van der Waals surface area (Å²) in [5.74, 6) is 0.544. The minimum Gasteiger partial charge on any atom is -0.352 e. The molecule has 120 valence electrons. The lowest BCUT2D eigenvalue weighted by molar-refractivity contribution is -0.116. The van der Waals surface area contributed by atoms with E-state index in [1.165, 1.54) is 18.4 Å². The Labute approximate surface area is 132 Å². The van der Waals surface area contributed by atoms with E-state index < -0.39 is 0 Å². The number of nitrogens with one attached hydrogen (secondary N) is 1. The fraction of sp³-hybridized carbons (Fsp3) is 0.529. The maximum Gasteiger partial charge on any atom is 0.243 e. The lowest BCUT2D eigenvalue weighted by Crippen LogP contribution is -2.40. The summed E-state index contributed by atoms with van der Waals surface area (Å²) < 4.78 is 1.73.